The van der Waals surface area contributed by atoms with Crippen LogP contribution in [0.3, 0.4) is 0 Å². The molecule has 6 nitrogen and oxygen atoms in total. The minimum Gasteiger partial charge on any atom is -0.366 e. The maximum atomic E-state index is 11.3. The molecule has 1 amide bonds. The second kappa shape index (κ2) is 6.23. The monoisotopic (exact) mass is 305 g/mol. The molecule has 0 fully saturated rings. The van der Waals surface area contributed by atoms with Crippen LogP contribution in [-0.4, -0.2) is 20.9 Å². The molecule has 1 aromatic carbocycles. The predicted molar refractivity (Wildman–Crippen MR) is 88.2 cm³/mol. The number of amides is 1. The summed E-state index contributed by atoms with van der Waals surface area (Å²) in [4.78, 5) is 24.2. The van der Waals surface area contributed by atoms with Crippen LogP contribution in [0, 0.1) is 6.92 Å². The van der Waals surface area contributed by atoms with Crippen LogP contribution in [0.4, 0.5) is 11.6 Å². The Kier molecular flexibility index (Phi) is 3.97. The third-order valence-electron chi connectivity index (χ3n) is 3.35. The molecule has 0 radical (unpaired) electrons. The second-order valence-electron chi connectivity index (χ2n) is 5.00. The number of nitrogens with zero attached hydrogens (tertiary/aromatic N) is 3. The quantitative estimate of drug-likeness (QED) is 0.773. The molecule has 2 heterocycles. The molecule has 2 aromatic heterocycles. The molecule has 0 atom stereocenters. The van der Waals surface area contributed by atoms with Gasteiger partial charge in [0.15, 0.2) is 0 Å². The van der Waals surface area contributed by atoms with Crippen molar-refractivity contribution in [3.05, 3.63) is 66.0 Å². The van der Waals surface area contributed by atoms with E-state index in [-0.39, 0.29) is 0 Å². The van der Waals surface area contributed by atoms with E-state index >= 15 is 0 Å². The number of carbonyl (C=O) groups is 1. The van der Waals surface area contributed by atoms with Crippen molar-refractivity contribution < 1.29 is 4.79 Å². The molecular weight excluding hydrogens is 290 g/mol. The van der Waals surface area contributed by atoms with Gasteiger partial charge in [0, 0.05) is 23.6 Å². The minimum atomic E-state index is -0.476. The van der Waals surface area contributed by atoms with Gasteiger partial charge in [-0.1, -0.05) is 12.1 Å². The van der Waals surface area contributed by atoms with Crippen LogP contribution in [0.15, 0.2) is 54.9 Å². The minimum absolute atomic E-state index is 0.429. The van der Waals surface area contributed by atoms with Crippen molar-refractivity contribution in [3.8, 4) is 11.4 Å². The van der Waals surface area contributed by atoms with Gasteiger partial charge in [0.1, 0.15) is 0 Å². The van der Waals surface area contributed by atoms with E-state index in [9.17, 15) is 4.79 Å². The number of primary amides is 1. The first kappa shape index (κ1) is 14.6. The first-order valence-corrected chi connectivity index (χ1v) is 7.05. The van der Waals surface area contributed by atoms with Crippen molar-refractivity contribution in [2.24, 2.45) is 5.73 Å². The van der Waals surface area contributed by atoms with Gasteiger partial charge in [-0.2, -0.15) is 0 Å². The smallest absolute Gasteiger partial charge is 0.248 e. The van der Waals surface area contributed by atoms with Gasteiger partial charge in [0.2, 0.25) is 11.9 Å². The average molecular weight is 305 g/mol. The zero-order valence-electron chi connectivity index (χ0n) is 12.5. The number of aromatic nitrogens is 3. The Morgan fingerprint density at radius 2 is 1.91 bits per heavy atom. The zero-order valence-corrected chi connectivity index (χ0v) is 12.5. The topological polar surface area (TPSA) is 93.8 Å². The lowest BCUT2D eigenvalue weighted by molar-refractivity contribution is 0.100. The van der Waals surface area contributed by atoms with Crippen molar-refractivity contribution in [1.29, 1.82) is 0 Å². The summed E-state index contributed by atoms with van der Waals surface area (Å²) in [5.41, 5.74) is 8.92. The Bertz CT molecular complexity index is 849. The lowest BCUT2D eigenvalue weighted by Gasteiger charge is -2.10. The fraction of sp³-hybridized carbons (Fsp3) is 0.0588. The normalized spacial score (nSPS) is 10.3. The molecular formula is C17H15N5O. The highest BCUT2D eigenvalue weighted by Crippen LogP contribution is 2.21. The molecule has 0 aliphatic rings. The molecule has 0 aliphatic carbocycles. The van der Waals surface area contributed by atoms with E-state index in [0.29, 0.717) is 17.2 Å². The van der Waals surface area contributed by atoms with Gasteiger partial charge in [-0.15, -0.1) is 0 Å². The number of aryl methyl sites for hydroxylation is 1. The summed E-state index contributed by atoms with van der Waals surface area (Å²) in [5, 5.41) is 3.12. The highest BCUT2D eigenvalue weighted by molar-refractivity contribution is 5.94. The van der Waals surface area contributed by atoms with E-state index in [0.717, 1.165) is 16.9 Å². The highest BCUT2D eigenvalue weighted by atomic mass is 16.1. The molecule has 0 spiro atoms. The Labute approximate surface area is 133 Å². The Morgan fingerprint density at radius 3 is 2.65 bits per heavy atom. The highest BCUT2D eigenvalue weighted by Gasteiger charge is 2.07. The van der Waals surface area contributed by atoms with Gasteiger partial charge in [0.05, 0.1) is 11.4 Å². The van der Waals surface area contributed by atoms with Crippen molar-refractivity contribution in [2.75, 3.05) is 5.32 Å². The summed E-state index contributed by atoms with van der Waals surface area (Å²) < 4.78 is 0. The largest absolute Gasteiger partial charge is 0.366 e. The van der Waals surface area contributed by atoms with Crippen LogP contribution in [-0.2, 0) is 0 Å². The van der Waals surface area contributed by atoms with Crippen LogP contribution in [0.2, 0.25) is 0 Å². The van der Waals surface area contributed by atoms with Gasteiger partial charge < -0.3 is 11.1 Å². The molecule has 3 aromatic rings. The maximum Gasteiger partial charge on any atom is 0.248 e. The number of nitrogens with one attached hydrogen (secondary N) is 1. The summed E-state index contributed by atoms with van der Waals surface area (Å²) in [5.74, 6) is -0.0471. The lowest BCUT2D eigenvalue weighted by Crippen LogP contribution is -2.11. The molecule has 0 unspecified atom stereocenters. The van der Waals surface area contributed by atoms with E-state index in [4.69, 9.17) is 5.73 Å². The van der Waals surface area contributed by atoms with Crippen LogP contribution >= 0.6 is 0 Å². The average Bonchev–Trinajstić information content (AvgIpc) is 2.58. The molecule has 114 valence electrons. The van der Waals surface area contributed by atoms with Gasteiger partial charge in [0.25, 0.3) is 0 Å². The second-order valence-corrected chi connectivity index (χ2v) is 5.00. The van der Waals surface area contributed by atoms with Crippen LogP contribution in [0.1, 0.15) is 15.9 Å². The molecule has 3 rings (SSSR count). The summed E-state index contributed by atoms with van der Waals surface area (Å²) in [6, 6.07) is 12.6. The van der Waals surface area contributed by atoms with Crippen molar-refractivity contribution in [3.63, 3.8) is 0 Å². The number of hydrogen-bond acceptors (Lipinski definition) is 5. The summed E-state index contributed by atoms with van der Waals surface area (Å²) in [6.07, 6.45) is 3.37. The first-order chi connectivity index (χ1) is 11.1. The van der Waals surface area contributed by atoms with E-state index in [1.165, 1.54) is 0 Å². The van der Waals surface area contributed by atoms with Gasteiger partial charge in [-0.25, -0.2) is 9.97 Å². The molecule has 0 bridgehead atoms. The van der Waals surface area contributed by atoms with Gasteiger partial charge in [-0.3, -0.25) is 9.78 Å². The maximum absolute atomic E-state index is 11.3. The summed E-state index contributed by atoms with van der Waals surface area (Å²) in [6.45, 7) is 1.93. The number of pyridine rings is 1. The first-order valence-electron chi connectivity index (χ1n) is 7.05. The van der Waals surface area contributed by atoms with Crippen molar-refractivity contribution in [2.45, 2.75) is 6.92 Å². The Morgan fingerprint density at radius 1 is 1.04 bits per heavy atom. The van der Waals surface area contributed by atoms with Gasteiger partial charge >= 0.3 is 0 Å². The van der Waals surface area contributed by atoms with E-state index in [2.05, 4.69) is 20.3 Å². The number of benzene rings is 1. The molecule has 23 heavy (non-hydrogen) atoms. The van der Waals surface area contributed by atoms with Crippen molar-refractivity contribution >= 4 is 17.5 Å². The molecule has 3 N–H and O–H groups in total. The van der Waals surface area contributed by atoms with Crippen LogP contribution in [0.5, 0.6) is 0 Å². The molecule has 6 heteroatoms. The van der Waals surface area contributed by atoms with Crippen LogP contribution in [0.25, 0.3) is 11.4 Å². The van der Waals surface area contributed by atoms with E-state index < -0.39 is 5.91 Å². The van der Waals surface area contributed by atoms with Crippen LogP contribution < -0.4 is 11.1 Å². The molecule has 0 aliphatic heterocycles. The Balaban J connectivity index is 1.92. The summed E-state index contributed by atoms with van der Waals surface area (Å²) >= 11 is 0. The third-order valence-corrected chi connectivity index (χ3v) is 3.35. The number of carbonyl (C=O) groups excluding carboxylic acids is 1. The number of nitrogens with two attached hydrogens (primary N) is 1. The predicted octanol–water partition coefficient (Wildman–Crippen LogP) is 2.69. The number of hydrogen-bond donors (Lipinski definition) is 2. The SMILES string of the molecule is Cc1ccc(C(N)=O)cc1Nc1nccc(-c2ccccn2)n1. The zero-order chi connectivity index (χ0) is 16.2. The standard InChI is InChI=1S/C17H15N5O/c1-11-5-6-12(16(18)23)10-15(11)22-17-20-9-7-14(21-17)13-4-2-3-8-19-13/h2-10H,1H3,(H2,18,23)(H,20,21,22). The fourth-order valence-corrected chi connectivity index (χ4v) is 2.11. The van der Waals surface area contributed by atoms with Gasteiger partial charge in [-0.05, 0) is 42.8 Å². The third kappa shape index (κ3) is 3.32. The number of anilines is 2. The molecule has 0 saturated heterocycles. The fourth-order valence-electron chi connectivity index (χ4n) is 2.11. The van der Waals surface area contributed by atoms with E-state index in [1.54, 1.807) is 30.6 Å². The molecule has 0 saturated carbocycles. The Hall–Kier alpha value is -3.28. The number of rotatable bonds is 4. The summed E-state index contributed by atoms with van der Waals surface area (Å²) in [7, 11) is 0. The van der Waals surface area contributed by atoms with E-state index in [1.807, 2.05) is 31.2 Å². The lowest BCUT2D eigenvalue weighted by atomic mass is 10.1. The van der Waals surface area contributed by atoms with Crippen molar-refractivity contribution in [1.82, 2.24) is 15.0 Å².